The van der Waals surface area contributed by atoms with Gasteiger partial charge in [-0.05, 0) is 68.0 Å². The van der Waals surface area contributed by atoms with Gasteiger partial charge in [0.1, 0.15) is 17.3 Å². The van der Waals surface area contributed by atoms with Crippen molar-refractivity contribution in [2.45, 2.75) is 84.0 Å². The molecule has 1 aliphatic heterocycles. The first kappa shape index (κ1) is 23.8. The minimum atomic E-state index is 0.0252. The van der Waals surface area contributed by atoms with Gasteiger partial charge >= 0.3 is 11.5 Å². The second-order valence-corrected chi connectivity index (χ2v) is 10.5. The van der Waals surface area contributed by atoms with Crippen molar-refractivity contribution in [3.8, 4) is 0 Å². The lowest BCUT2D eigenvalue weighted by molar-refractivity contribution is -0.113. The lowest BCUT2D eigenvalue weighted by Crippen LogP contribution is -2.22. The Bertz CT molecular complexity index is 1150. The first-order valence-corrected chi connectivity index (χ1v) is 13.3. The highest BCUT2D eigenvalue weighted by molar-refractivity contribution is 6.23. The average Bonchev–Trinajstić information content (AvgIpc) is 2.88. The van der Waals surface area contributed by atoms with E-state index in [2.05, 4.69) is 12.1 Å². The van der Waals surface area contributed by atoms with Gasteiger partial charge in [-0.25, -0.2) is 4.42 Å². The largest absolute Gasteiger partial charge is 0.495 e. The third-order valence-corrected chi connectivity index (χ3v) is 7.74. The van der Waals surface area contributed by atoms with Gasteiger partial charge in [-0.2, -0.15) is 0 Å². The minimum absolute atomic E-state index is 0.0252. The van der Waals surface area contributed by atoms with Crippen molar-refractivity contribution < 1.29 is 18.7 Å². The molecule has 0 N–H and O–H groups in total. The minimum Gasteiger partial charge on any atom is -0.495 e. The molecule has 0 aromatic carbocycles. The topological polar surface area (TPSA) is 46.8 Å². The molecule has 4 nitrogen and oxygen atoms in total. The van der Waals surface area contributed by atoms with Crippen LogP contribution in [0.4, 0.5) is 0 Å². The molecule has 3 aliphatic carbocycles. The lowest BCUT2D eigenvalue weighted by atomic mass is 9.83. The van der Waals surface area contributed by atoms with Gasteiger partial charge in [0.25, 0.3) is 0 Å². The standard InChI is InChI=1S/C31H37O4/c1-20-14-22(18-28(34-20)24-10-6-4-7-11-24)16-26-30(32)27(31(26)33-3)17-23-15-21(2)35-29(19-23)25-12-8-5-9-13-25/h14-19,24-25H,4-13H2,1-3H3/q+1. The van der Waals surface area contributed by atoms with Crippen LogP contribution in [-0.4, -0.2) is 12.9 Å². The molecule has 0 unspecified atom stereocenters. The second kappa shape index (κ2) is 10.4. The Labute approximate surface area is 209 Å². The molecule has 0 bridgehead atoms. The summed E-state index contributed by atoms with van der Waals surface area (Å²) in [5, 5.41) is 0. The van der Waals surface area contributed by atoms with Crippen LogP contribution in [0.5, 0.6) is 0 Å². The number of allylic oxidation sites excluding steroid dienone is 8. The predicted octanol–water partition coefficient (Wildman–Crippen LogP) is 8.11. The van der Waals surface area contributed by atoms with E-state index < -0.39 is 0 Å². The van der Waals surface area contributed by atoms with Crippen LogP contribution >= 0.6 is 0 Å². The fourth-order valence-corrected chi connectivity index (χ4v) is 5.96. The zero-order valence-corrected chi connectivity index (χ0v) is 21.3. The van der Waals surface area contributed by atoms with E-state index in [0.717, 1.165) is 34.2 Å². The Balaban J connectivity index is 1.42. The maximum absolute atomic E-state index is 13.2. The molecule has 0 spiro atoms. The number of Topliss-reactive ketones (excluding diaryl/α,β-unsaturated/α-hetero) is 1. The van der Waals surface area contributed by atoms with Crippen LogP contribution in [0.25, 0.3) is 6.08 Å². The second-order valence-electron chi connectivity index (χ2n) is 10.5. The maximum atomic E-state index is 13.2. The molecule has 2 saturated carbocycles. The van der Waals surface area contributed by atoms with Crippen LogP contribution in [0, 0.1) is 12.8 Å². The summed E-state index contributed by atoms with van der Waals surface area (Å²) in [7, 11) is 1.64. The van der Waals surface area contributed by atoms with Gasteiger partial charge in [0.05, 0.1) is 31.1 Å². The average molecular weight is 474 g/mol. The number of aryl methyl sites for hydroxylation is 1. The number of ether oxygens (including phenoxy) is 2. The molecule has 4 heteroatoms. The Hall–Kier alpha value is -2.88. The summed E-state index contributed by atoms with van der Waals surface area (Å²) in [4.78, 5) is 13.2. The van der Waals surface area contributed by atoms with Crippen LogP contribution in [0.3, 0.4) is 0 Å². The van der Waals surface area contributed by atoms with Crippen molar-refractivity contribution in [3.63, 3.8) is 0 Å². The van der Waals surface area contributed by atoms with E-state index in [9.17, 15) is 4.79 Å². The number of rotatable bonds is 5. The molecule has 1 aromatic rings. The summed E-state index contributed by atoms with van der Waals surface area (Å²) in [6, 6.07) is 4.11. The molecule has 4 aliphatic rings. The number of hydrogen-bond donors (Lipinski definition) is 0. The summed E-state index contributed by atoms with van der Waals surface area (Å²) < 4.78 is 17.8. The third-order valence-electron chi connectivity index (χ3n) is 7.74. The van der Waals surface area contributed by atoms with Crippen LogP contribution in [0.1, 0.15) is 94.1 Å². The smallest absolute Gasteiger partial charge is 0.333 e. The highest BCUT2D eigenvalue weighted by Crippen LogP contribution is 2.39. The molecule has 2 heterocycles. The zero-order chi connectivity index (χ0) is 24.4. The first-order valence-electron chi connectivity index (χ1n) is 13.3. The molecule has 35 heavy (non-hydrogen) atoms. The normalized spacial score (nSPS) is 24.3. The predicted molar refractivity (Wildman–Crippen MR) is 138 cm³/mol. The van der Waals surface area contributed by atoms with Crippen LogP contribution in [0.15, 0.2) is 68.8 Å². The van der Waals surface area contributed by atoms with Crippen molar-refractivity contribution >= 4 is 11.9 Å². The van der Waals surface area contributed by atoms with E-state index in [1.165, 1.54) is 64.2 Å². The fraction of sp³-hybridized carbons (Fsp3) is 0.484. The summed E-state index contributed by atoms with van der Waals surface area (Å²) in [5.41, 5.74) is 3.26. The number of ketones is 1. The lowest BCUT2D eigenvalue weighted by Gasteiger charge is -2.27. The van der Waals surface area contributed by atoms with Gasteiger partial charge in [0, 0.05) is 18.1 Å². The van der Waals surface area contributed by atoms with Gasteiger partial charge < -0.3 is 9.47 Å². The Kier molecular flexibility index (Phi) is 7.08. The maximum Gasteiger partial charge on any atom is 0.333 e. The molecular formula is C31H37O4+. The highest BCUT2D eigenvalue weighted by Gasteiger charge is 2.34. The molecule has 1 aromatic heterocycles. The van der Waals surface area contributed by atoms with Gasteiger partial charge in [-0.1, -0.05) is 38.5 Å². The van der Waals surface area contributed by atoms with Crippen molar-refractivity contribution in [1.29, 1.82) is 0 Å². The van der Waals surface area contributed by atoms with Crippen molar-refractivity contribution in [1.82, 2.24) is 0 Å². The highest BCUT2D eigenvalue weighted by atomic mass is 16.5. The van der Waals surface area contributed by atoms with Crippen LogP contribution < -0.4 is 0 Å². The van der Waals surface area contributed by atoms with Crippen molar-refractivity contribution in [2.75, 3.05) is 7.11 Å². The zero-order valence-electron chi connectivity index (χ0n) is 21.3. The summed E-state index contributed by atoms with van der Waals surface area (Å²) in [5.74, 6) is 5.46. The molecule has 2 fully saturated rings. The Morgan fingerprint density at radius 1 is 0.914 bits per heavy atom. The Morgan fingerprint density at radius 3 is 2.29 bits per heavy atom. The van der Waals surface area contributed by atoms with Crippen LogP contribution in [0.2, 0.25) is 0 Å². The summed E-state index contributed by atoms with van der Waals surface area (Å²) in [6.45, 7) is 3.96. The van der Waals surface area contributed by atoms with E-state index in [1.54, 1.807) is 7.11 Å². The van der Waals surface area contributed by atoms with Crippen molar-refractivity contribution in [2.24, 2.45) is 5.92 Å². The molecule has 184 valence electrons. The monoisotopic (exact) mass is 473 g/mol. The third kappa shape index (κ3) is 5.22. The number of hydrogen-bond acceptors (Lipinski definition) is 3. The molecular weight excluding hydrogens is 436 g/mol. The van der Waals surface area contributed by atoms with E-state index >= 15 is 0 Å². The Morgan fingerprint density at radius 2 is 1.60 bits per heavy atom. The van der Waals surface area contributed by atoms with E-state index in [4.69, 9.17) is 13.9 Å². The quantitative estimate of drug-likeness (QED) is 0.320. The summed E-state index contributed by atoms with van der Waals surface area (Å²) in [6.07, 6.45) is 20.4. The molecule has 0 saturated heterocycles. The number of carbonyl (C=O) groups excluding carboxylic acids is 1. The SMILES string of the molecule is COC1=C(C=C2C=C(C)OC(C3CCCCC3)=C2)C(=O)C1=Cc1cc(C)[o+]c(C2CCCCC2)c1. The van der Waals surface area contributed by atoms with Crippen LogP contribution in [-0.2, 0) is 14.3 Å². The molecule has 0 amide bonds. The van der Waals surface area contributed by atoms with E-state index in [0.29, 0.717) is 28.7 Å². The van der Waals surface area contributed by atoms with E-state index in [1.807, 2.05) is 38.1 Å². The molecule has 5 rings (SSSR count). The fourth-order valence-electron chi connectivity index (χ4n) is 5.96. The first-order chi connectivity index (χ1) is 17.0. The van der Waals surface area contributed by atoms with Gasteiger partial charge in [0.15, 0.2) is 0 Å². The number of carbonyl (C=O) groups is 1. The molecule has 0 radical (unpaired) electrons. The summed E-state index contributed by atoms with van der Waals surface area (Å²) >= 11 is 0. The van der Waals surface area contributed by atoms with Gasteiger partial charge in [-0.15, -0.1) is 0 Å². The molecule has 0 atom stereocenters. The van der Waals surface area contributed by atoms with Gasteiger partial charge in [-0.3, -0.25) is 4.79 Å². The van der Waals surface area contributed by atoms with E-state index in [-0.39, 0.29) is 5.78 Å². The van der Waals surface area contributed by atoms with Crippen molar-refractivity contribution in [3.05, 3.63) is 81.4 Å². The van der Waals surface area contributed by atoms with Gasteiger partial charge in [0.2, 0.25) is 5.78 Å². The number of methoxy groups -OCH3 is 1.